The van der Waals surface area contributed by atoms with E-state index in [1.807, 2.05) is 132 Å². The molecule has 0 spiro atoms. The van der Waals surface area contributed by atoms with Crippen LogP contribution in [0.4, 0.5) is 17.6 Å². The number of hydrogen-bond acceptors (Lipinski definition) is 14. The Kier molecular flexibility index (Phi) is 17.9. The van der Waals surface area contributed by atoms with Crippen molar-refractivity contribution in [2.75, 3.05) is 44.6 Å². The molecule has 7 aromatic rings. The zero-order valence-electron chi connectivity index (χ0n) is 43.0. The van der Waals surface area contributed by atoms with Gasteiger partial charge in [-0.05, 0) is 92.3 Å². The smallest absolute Gasteiger partial charge is 0.259 e. The molecule has 0 radical (unpaired) electrons. The van der Waals surface area contributed by atoms with Crippen LogP contribution in [0.2, 0.25) is 0 Å². The van der Waals surface area contributed by atoms with E-state index in [9.17, 15) is 5.26 Å². The van der Waals surface area contributed by atoms with Crippen molar-refractivity contribution in [3.63, 3.8) is 0 Å². The lowest BCUT2D eigenvalue weighted by molar-refractivity contribution is -0.0908. The average Bonchev–Trinajstić information content (AvgIpc) is 3.98. The average molecular weight is 1010 g/mol. The van der Waals surface area contributed by atoms with E-state index < -0.39 is 32.6 Å². The third kappa shape index (κ3) is 12.6. The number of methoxy groups -OCH3 is 2. The molecule has 2 aromatic heterocycles. The van der Waals surface area contributed by atoms with Crippen LogP contribution in [0.5, 0.6) is 17.4 Å². The number of ether oxygens (including phenoxy) is 5. The van der Waals surface area contributed by atoms with Crippen LogP contribution >= 0.6 is 8.53 Å². The second kappa shape index (κ2) is 24.9. The van der Waals surface area contributed by atoms with E-state index in [0.29, 0.717) is 59.3 Å². The van der Waals surface area contributed by atoms with Crippen LogP contribution in [0.3, 0.4) is 0 Å². The summed E-state index contributed by atoms with van der Waals surface area (Å²) in [5, 5.41) is 16.7. The first-order valence-electron chi connectivity index (χ1n) is 24.9. The molecule has 4 atom stereocenters. The number of nitriles is 1. The Balaban J connectivity index is 1.28. The number of nitrogens with one attached hydrogen (secondary N) is 2. The summed E-state index contributed by atoms with van der Waals surface area (Å²) in [5.74, 6) is 2.94. The van der Waals surface area contributed by atoms with Crippen LogP contribution in [0.15, 0.2) is 140 Å². The number of para-hydroxylation sites is 1. The minimum absolute atomic E-state index is 0.0546. The molecule has 0 aliphatic carbocycles. The van der Waals surface area contributed by atoms with Gasteiger partial charge in [-0.2, -0.15) is 15.2 Å². The summed E-state index contributed by atoms with van der Waals surface area (Å²) in [5.41, 5.74) is 4.26. The van der Waals surface area contributed by atoms with E-state index in [1.165, 1.54) is 0 Å². The van der Waals surface area contributed by atoms with Crippen LogP contribution in [0.25, 0.3) is 11.2 Å². The Labute approximate surface area is 430 Å². The summed E-state index contributed by atoms with van der Waals surface area (Å²) in [6.45, 7) is 13.9. The van der Waals surface area contributed by atoms with Crippen LogP contribution in [0, 0.1) is 17.2 Å². The van der Waals surface area contributed by atoms with Gasteiger partial charge in [0, 0.05) is 30.7 Å². The third-order valence-corrected chi connectivity index (χ3v) is 14.6. The minimum atomic E-state index is -1.72. The molecule has 382 valence electrons. The Morgan fingerprint density at radius 3 is 1.93 bits per heavy atom. The highest BCUT2D eigenvalue weighted by Crippen LogP contribution is 2.51. The normalized spacial score (nSPS) is 16.3. The minimum Gasteiger partial charge on any atom is -0.497 e. The lowest BCUT2D eigenvalue weighted by Crippen LogP contribution is -2.39. The molecule has 0 bridgehead atoms. The molecule has 2 N–H and O–H groups in total. The van der Waals surface area contributed by atoms with Gasteiger partial charge in [-0.25, -0.2) is 9.65 Å². The van der Waals surface area contributed by atoms with Crippen molar-refractivity contribution in [2.24, 2.45) is 5.92 Å². The van der Waals surface area contributed by atoms with Gasteiger partial charge in [0.05, 0.1) is 46.0 Å². The largest absolute Gasteiger partial charge is 0.497 e. The van der Waals surface area contributed by atoms with E-state index in [4.69, 9.17) is 47.7 Å². The first-order chi connectivity index (χ1) is 35.5. The highest BCUT2D eigenvalue weighted by Gasteiger charge is 2.46. The molecule has 16 heteroatoms. The molecule has 1 aliphatic heterocycles. The second-order valence-corrected chi connectivity index (χ2v) is 20.1. The monoisotopic (exact) mass is 1010 g/mol. The lowest BCUT2D eigenvalue weighted by Gasteiger charge is -2.39. The second-order valence-electron chi connectivity index (χ2n) is 18.7. The molecule has 3 heterocycles. The van der Waals surface area contributed by atoms with Gasteiger partial charge in [-0.15, -0.1) is 0 Å². The first kappa shape index (κ1) is 52.7. The number of fused-ring (bicyclic) bond motifs is 1. The van der Waals surface area contributed by atoms with Gasteiger partial charge in [0.25, 0.3) is 8.53 Å². The van der Waals surface area contributed by atoms with E-state index in [0.717, 1.165) is 27.9 Å². The van der Waals surface area contributed by atoms with Gasteiger partial charge in [0.15, 0.2) is 11.2 Å². The molecule has 0 amide bonds. The highest BCUT2D eigenvalue weighted by atomic mass is 31.2. The van der Waals surface area contributed by atoms with Gasteiger partial charge < -0.3 is 43.4 Å². The van der Waals surface area contributed by atoms with E-state index in [2.05, 4.69) is 75.0 Å². The zero-order valence-corrected chi connectivity index (χ0v) is 43.9. The molecule has 8 rings (SSSR count). The van der Waals surface area contributed by atoms with Crippen LogP contribution < -0.4 is 24.8 Å². The van der Waals surface area contributed by atoms with Crippen molar-refractivity contribution in [3.05, 3.63) is 162 Å². The fraction of sp³-hybridized carbons (Fsp3) is 0.368. The number of nitrogens with zero attached hydrogens (tertiary/aromatic N) is 6. The molecule has 1 saturated heterocycles. The zero-order chi connectivity index (χ0) is 51.3. The third-order valence-electron chi connectivity index (χ3n) is 12.4. The maximum absolute atomic E-state index is 9.63. The molecular weight excluding hydrogens is 940 g/mol. The Bertz CT molecular complexity index is 2790. The topological polar surface area (TPSA) is 159 Å². The summed E-state index contributed by atoms with van der Waals surface area (Å²) in [6, 6.07) is 48.3. The van der Waals surface area contributed by atoms with E-state index >= 15 is 0 Å². The van der Waals surface area contributed by atoms with Gasteiger partial charge in [-0.1, -0.05) is 117 Å². The van der Waals surface area contributed by atoms with Gasteiger partial charge >= 0.3 is 0 Å². The molecule has 15 nitrogen and oxygen atoms in total. The molecule has 73 heavy (non-hydrogen) atoms. The number of imidazole rings is 1. The van der Waals surface area contributed by atoms with Crippen molar-refractivity contribution in [3.8, 4) is 23.4 Å². The summed E-state index contributed by atoms with van der Waals surface area (Å²) >= 11 is 0. The van der Waals surface area contributed by atoms with E-state index in [1.54, 1.807) is 14.2 Å². The van der Waals surface area contributed by atoms with Gasteiger partial charge in [0.2, 0.25) is 17.8 Å². The van der Waals surface area contributed by atoms with Crippen molar-refractivity contribution < 1.29 is 32.7 Å². The van der Waals surface area contributed by atoms with Crippen molar-refractivity contribution in [1.29, 1.82) is 5.26 Å². The summed E-state index contributed by atoms with van der Waals surface area (Å²) in [7, 11) is 1.59. The maximum Gasteiger partial charge on any atom is 0.259 e. The van der Waals surface area contributed by atoms with Gasteiger partial charge in [0.1, 0.15) is 36.0 Å². The number of anilines is 3. The quantitative estimate of drug-likeness (QED) is 0.0316. The van der Waals surface area contributed by atoms with E-state index in [-0.39, 0.29) is 38.3 Å². The molecule has 1 unspecified atom stereocenters. The Hall–Kier alpha value is -6.63. The fourth-order valence-corrected chi connectivity index (χ4v) is 10.7. The van der Waals surface area contributed by atoms with Crippen LogP contribution in [-0.2, 0) is 30.7 Å². The lowest BCUT2D eigenvalue weighted by atomic mass is 9.80. The summed E-state index contributed by atoms with van der Waals surface area (Å²) in [4.78, 5) is 15.3. The van der Waals surface area contributed by atoms with Crippen molar-refractivity contribution >= 4 is 37.3 Å². The fourth-order valence-electron chi connectivity index (χ4n) is 8.97. The SMILES string of the molecule is COc1ccc(C(OC[C@H]2O[C@@H](n3c(Nc4ccccc4)nc4c(OCc5ccccc5)nc(NCC(C)C)nc43)C[C@@H]2OP(OCCC#N)N(C(C)C)C(C)C)(c2ccccc2)c2ccc(OC)cc2)cc1. The van der Waals surface area contributed by atoms with Crippen LogP contribution in [-0.4, -0.2) is 82.5 Å². The highest BCUT2D eigenvalue weighted by molar-refractivity contribution is 7.44. The van der Waals surface area contributed by atoms with Crippen LogP contribution in [0.1, 0.15) is 82.9 Å². The number of hydrogen-bond donors (Lipinski definition) is 2. The van der Waals surface area contributed by atoms with Crippen molar-refractivity contribution in [2.45, 2.75) is 97.1 Å². The number of aromatic nitrogens is 4. The number of rotatable bonds is 25. The molecule has 1 fully saturated rings. The van der Waals surface area contributed by atoms with Gasteiger partial charge in [-0.3, -0.25) is 4.57 Å². The Morgan fingerprint density at radius 2 is 1.36 bits per heavy atom. The predicted molar refractivity (Wildman–Crippen MR) is 286 cm³/mol. The first-order valence-corrected chi connectivity index (χ1v) is 26.1. The Morgan fingerprint density at radius 1 is 0.767 bits per heavy atom. The molecule has 5 aromatic carbocycles. The summed E-state index contributed by atoms with van der Waals surface area (Å²) in [6.07, 6.45) is -1.44. The number of benzene rings is 5. The molecular formula is C57H67N8O7P. The predicted octanol–water partition coefficient (Wildman–Crippen LogP) is 12.2. The summed E-state index contributed by atoms with van der Waals surface area (Å²) < 4.78 is 50.8. The standard InChI is InChI=1S/C57H67N8O7P/c1-39(2)36-59-55-62-53-52(54(63-55)68-37-42-19-12-9-13-20-42)61-56(60-46-23-16-11-17-24-46)64(53)51-35-49(72-73(70-34-18-33-58)65(40(3)4)41(5)6)50(71-51)38-69-57(43-21-14-10-15-22-43,44-25-29-47(66-7)30-26-44)45-27-31-48(67-8)32-28-45/h9-17,19-32,39-41,49-51H,18,34-38H2,1-8H3,(H,60,61)(H,59,62,63)/t49-,50+,51+,73?/m0/s1. The molecule has 1 aliphatic rings. The molecule has 0 saturated carbocycles. The van der Waals surface area contributed by atoms with Crippen molar-refractivity contribution in [1.82, 2.24) is 24.2 Å². The maximum atomic E-state index is 9.63.